The van der Waals surface area contributed by atoms with Gasteiger partial charge < -0.3 is 9.84 Å². The quantitative estimate of drug-likeness (QED) is 0.817. The largest absolute Gasteiger partial charge is 0.387 e. The topological polar surface area (TPSA) is 44.7 Å². The minimum absolute atomic E-state index is 0.00417. The first-order valence-corrected chi connectivity index (χ1v) is 6.09. The lowest BCUT2D eigenvalue weighted by atomic mass is 10.0. The lowest BCUT2D eigenvalue weighted by molar-refractivity contribution is -0.0110. The minimum Gasteiger partial charge on any atom is -0.387 e. The van der Waals surface area contributed by atoms with E-state index < -0.39 is 6.10 Å². The molecule has 0 bridgehead atoms. The fourth-order valence-corrected chi connectivity index (χ4v) is 1.99. The summed E-state index contributed by atoms with van der Waals surface area (Å²) in [5, 5.41) is 12.3. The van der Waals surface area contributed by atoms with Crippen LogP contribution in [-0.2, 0) is 4.74 Å². The van der Waals surface area contributed by atoms with E-state index in [4.69, 9.17) is 4.74 Å². The number of hydrazine groups is 1. The monoisotopic (exact) mass is 236 g/mol. The summed E-state index contributed by atoms with van der Waals surface area (Å²) in [5.41, 5.74) is 4.27. The summed E-state index contributed by atoms with van der Waals surface area (Å²) in [7, 11) is 0. The zero-order valence-electron chi connectivity index (χ0n) is 10.2. The highest BCUT2D eigenvalue weighted by atomic mass is 16.5. The molecule has 1 fully saturated rings. The number of hydrogen-bond acceptors (Lipinski definition) is 4. The molecule has 0 aliphatic carbocycles. The van der Waals surface area contributed by atoms with Crippen molar-refractivity contribution in [1.29, 1.82) is 0 Å². The van der Waals surface area contributed by atoms with Gasteiger partial charge in [-0.05, 0) is 12.5 Å². The second-order valence-electron chi connectivity index (χ2n) is 4.37. The number of benzene rings is 1. The van der Waals surface area contributed by atoms with Crippen LogP contribution in [0.15, 0.2) is 30.3 Å². The van der Waals surface area contributed by atoms with Crippen molar-refractivity contribution in [2.45, 2.75) is 19.1 Å². The van der Waals surface area contributed by atoms with Crippen LogP contribution in [0.1, 0.15) is 18.6 Å². The average Bonchev–Trinajstić information content (AvgIpc) is 2.40. The van der Waals surface area contributed by atoms with Crippen LogP contribution in [0.4, 0.5) is 0 Å². The van der Waals surface area contributed by atoms with E-state index in [9.17, 15) is 5.11 Å². The van der Waals surface area contributed by atoms with Crippen molar-refractivity contribution in [2.24, 2.45) is 0 Å². The van der Waals surface area contributed by atoms with Gasteiger partial charge in [0.1, 0.15) is 0 Å². The van der Waals surface area contributed by atoms with Gasteiger partial charge in [0.15, 0.2) is 0 Å². The van der Waals surface area contributed by atoms with Crippen LogP contribution < -0.4 is 5.43 Å². The maximum absolute atomic E-state index is 10.2. The van der Waals surface area contributed by atoms with E-state index in [2.05, 4.69) is 10.4 Å². The smallest absolute Gasteiger partial charge is 0.0953 e. The van der Waals surface area contributed by atoms with Gasteiger partial charge in [0, 0.05) is 19.1 Å². The maximum Gasteiger partial charge on any atom is 0.0953 e. The SMILES string of the molecule is CC(NN1CCOCC1)[C@@H](O)c1ccccc1. The first kappa shape index (κ1) is 12.5. The minimum atomic E-state index is -0.487. The van der Waals surface area contributed by atoms with E-state index in [0.29, 0.717) is 0 Å². The molecule has 0 aromatic heterocycles. The van der Waals surface area contributed by atoms with Crippen molar-refractivity contribution < 1.29 is 9.84 Å². The van der Waals surface area contributed by atoms with Gasteiger partial charge in [-0.3, -0.25) is 0 Å². The van der Waals surface area contributed by atoms with Crippen LogP contribution in [-0.4, -0.2) is 42.5 Å². The second kappa shape index (κ2) is 6.12. The Morgan fingerprint density at radius 1 is 1.24 bits per heavy atom. The highest BCUT2D eigenvalue weighted by molar-refractivity contribution is 5.18. The Kier molecular flexibility index (Phi) is 4.50. The Bertz CT molecular complexity index is 325. The third-order valence-electron chi connectivity index (χ3n) is 3.01. The van der Waals surface area contributed by atoms with Crippen LogP contribution in [0.2, 0.25) is 0 Å². The van der Waals surface area contributed by atoms with E-state index in [1.807, 2.05) is 37.3 Å². The molecule has 0 saturated carbocycles. The van der Waals surface area contributed by atoms with Gasteiger partial charge in [-0.2, -0.15) is 0 Å². The molecule has 2 N–H and O–H groups in total. The van der Waals surface area contributed by atoms with Crippen molar-refractivity contribution in [2.75, 3.05) is 26.3 Å². The third-order valence-corrected chi connectivity index (χ3v) is 3.01. The average molecular weight is 236 g/mol. The Morgan fingerprint density at radius 2 is 1.88 bits per heavy atom. The van der Waals surface area contributed by atoms with Crippen molar-refractivity contribution in [1.82, 2.24) is 10.4 Å². The molecule has 4 heteroatoms. The Hall–Kier alpha value is -0.940. The molecule has 1 saturated heterocycles. The van der Waals surface area contributed by atoms with Crippen LogP contribution in [0, 0.1) is 0 Å². The number of rotatable bonds is 4. The van der Waals surface area contributed by atoms with Gasteiger partial charge in [-0.1, -0.05) is 30.3 Å². The van der Waals surface area contributed by atoms with E-state index >= 15 is 0 Å². The number of nitrogens with zero attached hydrogens (tertiary/aromatic N) is 1. The van der Waals surface area contributed by atoms with Crippen LogP contribution in [0.3, 0.4) is 0 Å². The summed E-state index contributed by atoms with van der Waals surface area (Å²) < 4.78 is 5.28. The lowest BCUT2D eigenvalue weighted by Crippen LogP contribution is -2.50. The van der Waals surface area contributed by atoms with Gasteiger partial charge in [0.05, 0.1) is 19.3 Å². The second-order valence-corrected chi connectivity index (χ2v) is 4.37. The first-order valence-electron chi connectivity index (χ1n) is 6.09. The third kappa shape index (κ3) is 3.51. The van der Waals surface area contributed by atoms with Crippen molar-refractivity contribution in [3.8, 4) is 0 Å². The summed E-state index contributed by atoms with van der Waals surface area (Å²) in [6.07, 6.45) is -0.487. The molecular weight excluding hydrogens is 216 g/mol. The van der Waals surface area contributed by atoms with E-state index in [-0.39, 0.29) is 6.04 Å². The molecule has 2 atom stereocenters. The zero-order chi connectivity index (χ0) is 12.1. The van der Waals surface area contributed by atoms with E-state index in [0.717, 1.165) is 31.9 Å². The molecule has 4 nitrogen and oxygen atoms in total. The van der Waals surface area contributed by atoms with Gasteiger partial charge in [-0.25, -0.2) is 10.4 Å². The van der Waals surface area contributed by atoms with Gasteiger partial charge in [0.25, 0.3) is 0 Å². The van der Waals surface area contributed by atoms with Gasteiger partial charge in [0.2, 0.25) is 0 Å². The summed E-state index contributed by atoms with van der Waals surface area (Å²) in [5.74, 6) is 0. The molecule has 1 unspecified atom stereocenters. The van der Waals surface area contributed by atoms with Crippen molar-refractivity contribution >= 4 is 0 Å². The summed E-state index contributed by atoms with van der Waals surface area (Å²) in [6, 6.07) is 9.73. The fraction of sp³-hybridized carbons (Fsp3) is 0.538. The molecule has 1 aromatic rings. The molecule has 1 aromatic carbocycles. The van der Waals surface area contributed by atoms with Crippen molar-refractivity contribution in [3.63, 3.8) is 0 Å². The number of hydrogen-bond donors (Lipinski definition) is 2. The molecule has 1 aliphatic heterocycles. The molecular formula is C13H20N2O2. The first-order chi connectivity index (χ1) is 8.27. The number of nitrogens with one attached hydrogen (secondary N) is 1. The number of ether oxygens (including phenoxy) is 1. The van der Waals surface area contributed by atoms with E-state index in [1.54, 1.807) is 0 Å². The Balaban J connectivity index is 1.88. The molecule has 0 radical (unpaired) electrons. The number of aliphatic hydroxyl groups is 1. The highest BCUT2D eigenvalue weighted by Crippen LogP contribution is 2.16. The molecule has 1 aliphatic rings. The van der Waals surface area contributed by atoms with Crippen molar-refractivity contribution in [3.05, 3.63) is 35.9 Å². The highest BCUT2D eigenvalue weighted by Gasteiger charge is 2.19. The van der Waals surface area contributed by atoms with Crippen LogP contribution in [0.5, 0.6) is 0 Å². The lowest BCUT2D eigenvalue weighted by Gasteiger charge is -2.32. The number of morpholine rings is 1. The summed E-state index contributed by atoms with van der Waals surface area (Å²) >= 11 is 0. The molecule has 17 heavy (non-hydrogen) atoms. The summed E-state index contributed by atoms with van der Waals surface area (Å²) in [4.78, 5) is 0. The summed E-state index contributed by atoms with van der Waals surface area (Å²) in [6.45, 7) is 5.23. The molecule has 94 valence electrons. The van der Waals surface area contributed by atoms with Crippen LogP contribution in [0.25, 0.3) is 0 Å². The normalized spacial score (nSPS) is 21.1. The van der Waals surface area contributed by atoms with Gasteiger partial charge >= 0.3 is 0 Å². The molecule has 0 amide bonds. The Labute approximate surface area is 102 Å². The predicted molar refractivity (Wildman–Crippen MR) is 66.4 cm³/mol. The maximum atomic E-state index is 10.2. The van der Waals surface area contributed by atoms with Gasteiger partial charge in [-0.15, -0.1) is 0 Å². The van der Waals surface area contributed by atoms with E-state index in [1.165, 1.54) is 0 Å². The fourth-order valence-electron chi connectivity index (χ4n) is 1.99. The standard InChI is InChI=1S/C13H20N2O2/c1-11(14-15-7-9-17-10-8-15)13(16)12-5-3-2-4-6-12/h2-6,11,13-14,16H,7-10H2,1H3/t11?,13-/m1/s1. The molecule has 1 heterocycles. The molecule has 0 spiro atoms. The Morgan fingerprint density at radius 3 is 2.53 bits per heavy atom. The zero-order valence-corrected chi connectivity index (χ0v) is 10.2. The van der Waals surface area contributed by atoms with Crippen LogP contribution >= 0.6 is 0 Å². The molecule has 2 rings (SSSR count). The predicted octanol–water partition coefficient (Wildman–Crippen LogP) is 0.945. The number of aliphatic hydroxyl groups excluding tert-OH is 1.